The van der Waals surface area contributed by atoms with Gasteiger partial charge in [0.15, 0.2) is 0 Å². The minimum Gasteiger partial charge on any atom is -0.494 e. The molecule has 0 spiro atoms. The number of benzene rings is 3. The maximum atomic E-state index is 12.6. The zero-order valence-corrected chi connectivity index (χ0v) is 20.9. The molecule has 0 fully saturated rings. The van der Waals surface area contributed by atoms with Crippen molar-refractivity contribution in [3.05, 3.63) is 96.6 Å². The molecule has 0 N–H and O–H groups in total. The zero-order valence-electron chi connectivity index (χ0n) is 20.9. The van der Waals surface area contributed by atoms with Crippen molar-refractivity contribution < 1.29 is 23.8 Å². The van der Waals surface area contributed by atoms with E-state index in [2.05, 4.69) is 37.8 Å². The van der Waals surface area contributed by atoms with Crippen molar-refractivity contribution in [1.82, 2.24) is 0 Å². The van der Waals surface area contributed by atoms with Crippen LogP contribution in [0.5, 0.6) is 11.5 Å². The van der Waals surface area contributed by atoms with Crippen LogP contribution in [-0.4, -0.2) is 25.2 Å². The monoisotopic (exact) mass is 486 g/mol. The molecule has 0 saturated carbocycles. The van der Waals surface area contributed by atoms with Gasteiger partial charge in [0, 0.05) is 6.08 Å². The van der Waals surface area contributed by atoms with Gasteiger partial charge in [-0.1, -0.05) is 56.3 Å². The molecule has 3 aromatic carbocycles. The number of ether oxygens (including phenoxy) is 3. The van der Waals surface area contributed by atoms with Gasteiger partial charge < -0.3 is 14.2 Å². The first kappa shape index (κ1) is 26.7. The van der Waals surface area contributed by atoms with Crippen LogP contribution in [0.3, 0.4) is 0 Å². The molecule has 0 saturated heterocycles. The minimum absolute atomic E-state index is 0.380. The van der Waals surface area contributed by atoms with Gasteiger partial charge in [-0.3, -0.25) is 0 Å². The largest absolute Gasteiger partial charge is 0.494 e. The van der Waals surface area contributed by atoms with E-state index in [-0.39, 0.29) is 5.97 Å². The van der Waals surface area contributed by atoms with Crippen molar-refractivity contribution >= 4 is 11.9 Å². The summed E-state index contributed by atoms with van der Waals surface area (Å²) in [5.41, 5.74) is 4.02. The van der Waals surface area contributed by atoms with Crippen LogP contribution < -0.4 is 9.47 Å². The normalized spacial score (nSPS) is 10.5. The molecular weight excluding hydrogens is 452 g/mol. The molecule has 0 unspecified atom stereocenters. The smallest absolute Gasteiger partial charge is 0.343 e. The number of rotatable bonds is 14. The van der Waals surface area contributed by atoms with E-state index in [0.717, 1.165) is 55.4 Å². The molecule has 0 aliphatic rings. The summed E-state index contributed by atoms with van der Waals surface area (Å²) in [6.07, 6.45) is 7.07. The molecule has 0 atom stereocenters. The summed E-state index contributed by atoms with van der Waals surface area (Å²) in [4.78, 5) is 23.5. The molecule has 36 heavy (non-hydrogen) atoms. The Bertz CT molecular complexity index is 1100. The molecule has 0 radical (unpaired) electrons. The topological polar surface area (TPSA) is 61.8 Å². The molecule has 0 aliphatic carbocycles. The molecule has 0 aromatic heterocycles. The molecule has 0 heterocycles. The van der Waals surface area contributed by atoms with E-state index in [1.807, 2.05) is 12.1 Å². The molecule has 5 nitrogen and oxygen atoms in total. The maximum absolute atomic E-state index is 12.6. The lowest BCUT2D eigenvalue weighted by molar-refractivity contribution is -0.137. The summed E-state index contributed by atoms with van der Waals surface area (Å²) in [5.74, 6) is 0.419. The zero-order chi connectivity index (χ0) is 25.6. The van der Waals surface area contributed by atoms with Crippen LogP contribution in [0, 0.1) is 0 Å². The Labute approximate surface area is 213 Å². The first-order chi connectivity index (χ1) is 17.6. The Balaban J connectivity index is 1.39. The lowest BCUT2D eigenvalue weighted by Crippen LogP contribution is -2.08. The van der Waals surface area contributed by atoms with Gasteiger partial charge in [-0.2, -0.15) is 0 Å². The highest BCUT2D eigenvalue weighted by Gasteiger charge is 2.09. The third kappa shape index (κ3) is 8.73. The Morgan fingerprint density at radius 2 is 1.33 bits per heavy atom. The van der Waals surface area contributed by atoms with Crippen molar-refractivity contribution in [3.8, 4) is 22.6 Å². The summed E-state index contributed by atoms with van der Waals surface area (Å²) in [6.45, 7) is 6.56. The lowest BCUT2D eigenvalue weighted by atomic mass is 10.0. The highest BCUT2D eigenvalue weighted by molar-refractivity contribution is 5.91. The summed E-state index contributed by atoms with van der Waals surface area (Å²) in [5, 5.41) is 0. The third-order valence-corrected chi connectivity index (χ3v) is 5.70. The fourth-order valence-corrected chi connectivity index (χ4v) is 3.70. The second-order valence-corrected chi connectivity index (χ2v) is 8.52. The fraction of sp³-hybridized carbons (Fsp3) is 0.290. The maximum Gasteiger partial charge on any atom is 0.343 e. The van der Waals surface area contributed by atoms with Crippen molar-refractivity contribution in [2.75, 3.05) is 13.2 Å². The SMILES string of the molecule is C=CC(=O)OCCCCCCOc1ccc(OC(=O)c2ccc(-c3ccc(CCC)cc3)cc2)cc1. The lowest BCUT2D eigenvalue weighted by Gasteiger charge is -2.09. The number of aryl methyl sites for hydroxylation is 1. The second kappa shape index (κ2) is 14.5. The van der Waals surface area contributed by atoms with Crippen LogP contribution in [-0.2, 0) is 16.0 Å². The van der Waals surface area contributed by atoms with E-state index in [9.17, 15) is 9.59 Å². The van der Waals surface area contributed by atoms with E-state index in [1.165, 1.54) is 11.6 Å². The van der Waals surface area contributed by atoms with Crippen molar-refractivity contribution in [3.63, 3.8) is 0 Å². The first-order valence-electron chi connectivity index (χ1n) is 12.5. The molecule has 188 valence electrons. The van der Waals surface area contributed by atoms with Crippen LogP contribution in [0.15, 0.2) is 85.5 Å². The Hall–Kier alpha value is -3.86. The predicted octanol–water partition coefficient (Wildman–Crippen LogP) is 7.19. The van der Waals surface area contributed by atoms with Crippen LogP contribution in [0.25, 0.3) is 11.1 Å². The van der Waals surface area contributed by atoms with E-state index in [4.69, 9.17) is 14.2 Å². The number of carbonyl (C=O) groups excluding carboxylic acids is 2. The number of hydrogen-bond acceptors (Lipinski definition) is 5. The summed E-state index contributed by atoms with van der Waals surface area (Å²) in [6, 6.07) is 23.1. The van der Waals surface area contributed by atoms with Gasteiger partial charge in [0.2, 0.25) is 0 Å². The first-order valence-corrected chi connectivity index (χ1v) is 12.5. The highest BCUT2D eigenvalue weighted by Crippen LogP contribution is 2.23. The molecule has 3 rings (SSSR count). The quantitative estimate of drug-likeness (QED) is 0.104. The van der Waals surface area contributed by atoms with Gasteiger partial charge in [-0.15, -0.1) is 0 Å². The van der Waals surface area contributed by atoms with E-state index in [0.29, 0.717) is 24.5 Å². The molecular formula is C31H34O5. The Morgan fingerprint density at radius 1 is 0.750 bits per heavy atom. The van der Waals surface area contributed by atoms with Gasteiger partial charge in [-0.05, 0) is 85.2 Å². The number of unbranched alkanes of at least 4 members (excludes halogenated alkanes) is 3. The average Bonchev–Trinajstić information content (AvgIpc) is 2.91. The minimum atomic E-state index is -0.396. The van der Waals surface area contributed by atoms with Crippen molar-refractivity contribution in [1.29, 1.82) is 0 Å². The molecule has 0 aliphatic heterocycles. The molecule has 0 bridgehead atoms. The Morgan fingerprint density at radius 3 is 1.94 bits per heavy atom. The second-order valence-electron chi connectivity index (χ2n) is 8.52. The van der Waals surface area contributed by atoms with Crippen LogP contribution in [0.4, 0.5) is 0 Å². The van der Waals surface area contributed by atoms with Gasteiger partial charge >= 0.3 is 11.9 Å². The van der Waals surface area contributed by atoms with E-state index < -0.39 is 5.97 Å². The molecule has 5 heteroatoms. The van der Waals surface area contributed by atoms with Crippen LogP contribution in [0.1, 0.15) is 54.9 Å². The number of esters is 2. The summed E-state index contributed by atoms with van der Waals surface area (Å²) < 4.78 is 16.2. The number of carbonyl (C=O) groups is 2. The van der Waals surface area contributed by atoms with Gasteiger partial charge in [0.25, 0.3) is 0 Å². The molecule has 3 aromatic rings. The summed E-state index contributed by atoms with van der Waals surface area (Å²) >= 11 is 0. The molecule has 0 amide bonds. The standard InChI is InChI=1S/C31H34O5/c1-3-9-24-10-12-25(13-11-24)26-14-16-27(17-15-26)31(33)36-29-20-18-28(19-21-29)34-22-7-5-6-8-23-35-30(32)4-2/h4,10-21H,2-3,5-9,22-23H2,1H3. The van der Waals surface area contributed by atoms with Gasteiger partial charge in [-0.25, -0.2) is 9.59 Å². The highest BCUT2D eigenvalue weighted by atomic mass is 16.5. The Kier molecular flexibility index (Phi) is 10.8. The fourth-order valence-electron chi connectivity index (χ4n) is 3.70. The number of hydrogen-bond donors (Lipinski definition) is 0. The summed E-state index contributed by atoms with van der Waals surface area (Å²) in [7, 11) is 0. The van der Waals surface area contributed by atoms with Crippen molar-refractivity contribution in [2.24, 2.45) is 0 Å². The average molecular weight is 487 g/mol. The predicted molar refractivity (Wildman–Crippen MR) is 142 cm³/mol. The van der Waals surface area contributed by atoms with Crippen LogP contribution in [0.2, 0.25) is 0 Å². The van der Waals surface area contributed by atoms with E-state index >= 15 is 0 Å². The van der Waals surface area contributed by atoms with Gasteiger partial charge in [0.1, 0.15) is 11.5 Å². The third-order valence-electron chi connectivity index (χ3n) is 5.70. The van der Waals surface area contributed by atoms with E-state index in [1.54, 1.807) is 36.4 Å². The van der Waals surface area contributed by atoms with Crippen LogP contribution >= 0.6 is 0 Å². The van der Waals surface area contributed by atoms with Gasteiger partial charge in [0.05, 0.1) is 18.8 Å². The van der Waals surface area contributed by atoms with Crippen molar-refractivity contribution in [2.45, 2.75) is 45.4 Å².